The van der Waals surface area contributed by atoms with Gasteiger partial charge in [0, 0.05) is 23.9 Å². The van der Waals surface area contributed by atoms with Crippen LogP contribution in [-0.2, 0) is 16.1 Å². The van der Waals surface area contributed by atoms with E-state index in [2.05, 4.69) is 14.3 Å². The SMILES string of the molecule is COC(=O)C=Cc1ccc(OCCn2ccc3cccnc32)cc1. The molecule has 0 aliphatic rings. The van der Waals surface area contributed by atoms with Crippen molar-refractivity contribution in [3.8, 4) is 5.75 Å². The van der Waals surface area contributed by atoms with Crippen LogP contribution in [0.3, 0.4) is 0 Å². The Hall–Kier alpha value is -3.08. The summed E-state index contributed by atoms with van der Waals surface area (Å²) in [7, 11) is 1.35. The molecule has 0 radical (unpaired) electrons. The van der Waals surface area contributed by atoms with Crippen LogP contribution in [0, 0.1) is 0 Å². The fourth-order valence-corrected chi connectivity index (χ4v) is 2.37. The number of rotatable bonds is 6. The Labute approximate surface area is 140 Å². The molecule has 0 aliphatic carbocycles. The molecule has 0 unspecified atom stereocenters. The van der Waals surface area contributed by atoms with Crippen LogP contribution in [0.2, 0.25) is 0 Å². The second-order valence-electron chi connectivity index (χ2n) is 5.20. The Balaban J connectivity index is 1.55. The molecule has 5 heteroatoms. The smallest absolute Gasteiger partial charge is 0.330 e. The number of pyridine rings is 1. The fraction of sp³-hybridized carbons (Fsp3) is 0.158. The van der Waals surface area contributed by atoms with Crippen molar-refractivity contribution in [2.75, 3.05) is 13.7 Å². The van der Waals surface area contributed by atoms with Crippen molar-refractivity contribution < 1.29 is 14.3 Å². The lowest BCUT2D eigenvalue weighted by molar-refractivity contribution is -0.134. The summed E-state index contributed by atoms with van der Waals surface area (Å²) in [4.78, 5) is 15.4. The van der Waals surface area contributed by atoms with Crippen molar-refractivity contribution in [3.05, 3.63) is 66.5 Å². The molecule has 2 heterocycles. The first-order chi connectivity index (χ1) is 11.8. The Kier molecular flexibility index (Phi) is 4.91. The predicted octanol–water partition coefficient (Wildman–Crippen LogP) is 3.30. The van der Waals surface area contributed by atoms with Crippen LogP contribution < -0.4 is 4.74 Å². The van der Waals surface area contributed by atoms with Gasteiger partial charge in [-0.3, -0.25) is 0 Å². The van der Waals surface area contributed by atoms with E-state index in [9.17, 15) is 4.79 Å². The highest BCUT2D eigenvalue weighted by molar-refractivity contribution is 5.86. The number of hydrogen-bond donors (Lipinski definition) is 0. The van der Waals surface area contributed by atoms with Crippen LogP contribution >= 0.6 is 0 Å². The first-order valence-corrected chi connectivity index (χ1v) is 7.65. The molecule has 5 nitrogen and oxygen atoms in total. The molecule has 0 fully saturated rings. The zero-order chi connectivity index (χ0) is 16.8. The third-order valence-corrected chi connectivity index (χ3v) is 3.62. The summed E-state index contributed by atoms with van der Waals surface area (Å²) < 4.78 is 12.4. The second-order valence-corrected chi connectivity index (χ2v) is 5.20. The highest BCUT2D eigenvalue weighted by Gasteiger charge is 2.01. The van der Waals surface area contributed by atoms with Gasteiger partial charge < -0.3 is 14.0 Å². The van der Waals surface area contributed by atoms with Gasteiger partial charge in [0.1, 0.15) is 18.0 Å². The lowest BCUT2D eigenvalue weighted by atomic mass is 10.2. The normalized spacial score (nSPS) is 11.0. The molecule has 0 atom stereocenters. The number of aromatic nitrogens is 2. The lowest BCUT2D eigenvalue weighted by Gasteiger charge is -2.08. The maximum absolute atomic E-state index is 11.1. The monoisotopic (exact) mass is 322 g/mol. The fourth-order valence-electron chi connectivity index (χ4n) is 2.37. The van der Waals surface area contributed by atoms with Crippen molar-refractivity contribution in [2.45, 2.75) is 6.54 Å². The Morgan fingerprint density at radius 1 is 1.21 bits per heavy atom. The summed E-state index contributed by atoms with van der Waals surface area (Å²) in [5.41, 5.74) is 1.87. The molecule has 0 bridgehead atoms. The average molecular weight is 322 g/mol. The van der Waals surface area contributed by atoms with E-state index in [1.54, 1.807) is 12.3 Å². The van der Waals surface area contributed by atoms with Gasteiger partial charge >= 0.3 is 5.97 Å². The third-order valence-electron chi connectivity index (χ3n) is 3.62. The zero-order valence-electron chi connectivity index (χ0n) is 13.4. The van der Waals surface area contributed by atoms with Crippen LogP contribution in [0.4, 0.5) is 0 Å². The molecule has 0 saturated heterocycles. The number of esters is 1. The van der Waals surface area contributed by atoms with Crippen molar-refractivity contribution in [3.63, 3.8) is 0 Å². The van der Waals surface area contributed by atoms with Gasteiger partial charge in [0.25, 0.3) is 0 Å². The molecule has 2 aromatic heterocycles. The van der Waals surface area contributed by atoms with Crippen LogP contribution in [0.1, 0.15) is 5.56 Å². The molecular weight excluding hydrogens is 304 g/mol. The molecule has 3 aromatic rings. The molecule has 24 heavy (non-hydrogen) atoms. The highest BCUT2D eigenvalue weighted by Crippen LogP contribution is 2.15. The number of ether oxygens (including phenoxy) is 2. The zero-order valence-corrected chi connectivity index (χ0v) is 13.4. The molecule has 0 aliphatic heterocycles. The molecule has 3 rings (SSSR count). The van der Waals surface area contributed by atoms with E-state index in [-0.39, 0.29) is 5.97 Å². The topological polar surface area (TPSA) is 53.4 Å². The standard InChI is InChI=1S/C19H18N2O3/c1-23-18(22)9-6-15-4-7-17(8-5-15)24-14-13-21-12-10-16-3-2-11-20-19(16)21/h2-12H,13-14H2,1H3. The summed E-state index contributed by atoms with van der Waals surface area (Å²) in [5.74, 6) is 0.414. The first-order valence-electron chi connectivity index (χ1n) is 7.65. The van der Waals surface area contributed by atoms with Crippen molar-refractivity contribution >= 4 is 23.1 Å². The van der Waals surface area contributed by atoms with Crippen LogP contribution in [0.25, 0.3) is 17.1 Å². The Morgan fingerprint density at radius 3 is 2.83 bits per heavy atom. The Morgan fingerprint density at radius 2 is 2.04 bits per heavy atom. The number of methoxy groups -OCH3 is 1. The van der Waals surface area contributed by atoms with Crippen molar-refractivity contribution in [2.24, 2.45) is 0 Å². The van der Waals surface area contributed by atoms with E-state index in [1.807, 2.05) is 48.7 Å². The maximum atomic E-state index is 11.1. The molecule has 0 saturated carbocycles. The average Bonchev–Trinajstić information content (AvgIpc) is 3.04. The van der Waals surface area contributed by atoms with Crippen LogP contribution in [0.15, 0.2) is 60.9 Å². The van der Waals surface area contributed by atoms with Gasteiger partial charge in [-0.1, -0.05) is 12.1 Å². The minimum atomic E-state index is -0.372. The van der Waals surface area contributed by atoms with Gasteiger partial charge in [0.05, 0.1) is 13.7 Å². The highest BCUT2D eigenvalue weighted by atomic mass is 16.5. The quantitative estimate of drug-likeness (QED) is 0.516. The van der Waals surface area contributed by atoms with Gasteiger partial charge in [-0.2, -0.15) is 0 Å². The minimum Gasteiger partial charge on any atom is -0.492 e. The number of hydrogen-bond acceptors (Lipinski definition) is 4. The number of benzene rings is 1. The minimum absolute atomic E-state index is 0.372. The second kappa shape index (κ2) is 7.46. The molecule has 122 valence electrons. The van der Waals surface area contributed by atoms with Gasteiger partial charge in [0.15, 0.2) is 0 Å². The van der Waals surface area contributed by atoms with Gasteiger partial charge in [0.2, 0.25) is 0 Å². The number of fused-ring (bicyclic) bond motifs is 1. The summed E-state index contributed by atoms with van der Waals surface area (Å²) >= 11 is 0. The van der Waals surface area contributed by atoms with Gasteiger partial charge in [-0.05, 0) is 42.0 Å². The van der Waals surface area contributed by atoms with E-state index in [0.717, 1.165) is 28.9 Å². The van der Waals surface area contributed by atoms with E-state index in [4.69, 9.17) is 4.74 Å². The summed E-state index contributed by atoms with van der Waals surface area (Å²) in [5, 5.41) is 1.12. The van der Waals surface area contributed by atoms with Crippen LogP contribution in [0.5, 0.6) is 5.75 Å². The van der Waals surface area contributed by atoms with Gasteiger partial charge in [-0.25, -0.2) is 9.78 Å². The maximum Gasteiger partial charge on any atom is 0.330 e. The lowest BCUT2D eigenvalue weighted by Crippen LogP contribution is -2.07. The summed E-state index contributed by atoms with van der Waals surface area (Å²) in [6.45, 7) is 1.28. The largest absolute Gasteiger partial charge is 0.492 e. The molecule has 0 amide bonds. The predicted molar refractivity (Wildman–Crippen MR) is 92.7 cm³/mol. The van der Waals surface area contributed by atoms with Crippen LogP contribution in [-0.4, -0.2) is 29.2 Å². The number of carbonyl (C=O) groups excluding carboxylic acids is 1. The number of carbonyl (C=O) groups is 1. The summed E-state index contributed by atoms with van der Waals surface area (Å²) in [6.07, 6.45) is 6.90. The van der Waals surface area contributed by atoms with Gasteiger partial charge in [-0.15, -0.1) is 0 Å². The van der Waals surface area contributed by atoms with E-state index in [0.29, 0.717) is 6.61 Å². The number of nitrogens with zero attached hydrogens (tertiary/aromatic N) is 2. The van der Waals surface area contributed by atoms with Crippen molar-refractivity contribution in [1.29, 1.82) is 0 Å². The molecule has 0 spiro atoms. The third kappa shape index (κ3) is 3.81. The molecule has 1 aromatic carbocycles. The first kappa shape index (κ1) is 15.8. The van der Waals surface area contributed by atoms with E-state index >= 15 is 0 Å². The van der Waals surface area contributed by atoms with E-state index in [1.165, 1.54) is 13.2 Å². The molecular formula is C19H18N2O3. The summed E-state index contributed by atoms with van der Waals surface area (Å²) in [6, 6.07) is 13.6. The Bertz CT molecular complexity index is 850. The molecule has 0 N–H and O–H groups in total. The van der Waals surface area contributed by atoms with Crippen molar-refractivity contribution in [1.82, 2.24) is 9.55 Å². The van der Waals surface area contributed by atoms with E-state index < -0.39 is 0 Å².